The summed E-state index contributed by atoms with van der Waals surface area (Å²) in [5.41, 5.74) is 0. The second-order valence-corrected chi connectivity index (χ2v) is 6.22. The Kier molecular flexibility index (Phi) is 6.46. The van der Waals surface area contributed by atoms with Gasteiger partial charge < -0.3 is 9.13 Å². The lowest BCUT2D eigenvalue weighted by atomic mass is 10.7. The molecule has 92 valence electrons. The van der Waals surface area contributed by atoms with Gasteiger partial charge in [-0.2, -0.15) is 13.2 Å². The first-order valence-corrected chi connectivity index (χ1v) is 7.08. The predicted molar refractivity (Wildman–Crippen MR) is 59.0 cm³/mol. The Balaban J connectivity index is 4.85. The molecule has 15 heavy (non-hydrogen) atoms. The van der Waals surface area contributed by atoms with Gasteiger partial charge in [0.25, 0.3) is 0 Å². The molecule has 0 atom stereocenters. The van der Waals surface area contributed by atoms with Crippen molar-refractivity contribution in [1.82, 2.24) is 9.13 Å². The minimum Gasteiger partial charge on any atom is -0.308 e. The Morgan fingerprint density at radius 2 is 1.07 bits per heavy atom. The number of nitrogens with zero attached hydrogens (tertiary/aromatic N) is 2. The fourth-order valence-electron chi connectivity index (χ4n) is 1.78. The number of alkyl halides is 3. The van der Waals surface area contributed by atoms with Crippen LogP contribution in [0.15, 0.2) is 0 Å². The van der Waals surface area contributed by atoms with E-state index in [0.717, 1.165) is 0 Å². The first-order valence-electron chi connectivity index (χ1n) is 5.47. The van der Waals surface area contributed by atoms with E-state index in [1.165, 1.54) is 0 Å². The molecule has 0 aliphatic heterocycles. The van der Waals surface area contributed by atoms with Crippen LogP contribution in [0.5, 0.6) is 0 Å². The van der Waals surface area contributed by atoms with Crippen LogP contribution in [0.3, 0.4) is 0 Å². The van der Waals surface area contributed by atoms with Gasteiger partial charge in [0.15, 0.2) is 0 Å². The van der Waals surface area contributed by atoms with Crippen LogP contribution in [0.25, 0.3) is 0 Å². The Morgan fingerprint density at radius 3 is 1.20 bits per heavy atom. The highest BCUT2D eigenvalue weighted by atomic mass is 28.3. The van der Waals surface area contributed by atoms with E-state index in [2.05, 4.69) is 0 Å². The summed E-state index contributed by atoms with van der Waals surface area (Å²) in [7, 11) is -2.99. The summed E-state index contributed by atoms with van der Waals surface area (Å²) in [6.07, 6.45) is 0. The lowest BCUT2D eigenvalue weighted by Crippen LogP contribution is -2.61. The highest BCUT2D eigenvalue weighted by Gasteiger charge is 2.48. The van der Waals surface area contributed by atoms with Gasteiger partial charge in [0, 0.05) is 0 Å². The van der Waals surface area contributed by atoms with Crippen LogP contribution in [0.2, 0.25) is 0 Å². The van der Waals surface area contributed by atoms with Crippen LogP contribution in [0.4, 0.5) is 13.2 Å². The molecule has 0 aromatic heterocycles. The summed E-state index contributed by atoms with van der Waals surface area (Å²) < 4.78 is 42.0. The Bertz CT molecular complexity index is 155. The van der Waals surface area contributed by atoms with Gasteiger partial charge in [0.05, 0.1) is 0 Å². The van der Waals surface area contributed by atoms with Crippen LogP contribution >= 0.6 is 0 Å². The van der Waals surface area contributed by atoms with Crippen LogP contribution in [-0.2, 0) is 0 Å². The number of hydrogen-bond acceptors (Lipinski definition) is 2. The first kappa shape index (κ1) is 14.9. The lowest BCUT2D eigenvalue weighted by molar-refractivity contribution is -0.0675. The SMILES string of the molecule is CCN(CC)[SiH](N(CC)CC)C(F)(F)F. The maximum absolute atomic E-state index is 12.9. The van der Waals surface area contributed by atoms with Crippen molar-refractivity contribution in [3.05, 3.63) is 0 Å². The second-order valence-electron chi connectivity index (χ2n) is 3.36. The Labute approximate surface area is 91.8 Å². The highest BCUT2D eigenvalue weighted by molar-refractivity contribution is 6.55. The first-order chi connectivity index (χ1) is 6.92. The molecule has 0 fully saturated rings. The third-order valence-electron chi connectivity index (χ3n) is 2.61. The van der Waals surface area contributed by atoms with E-state index in [1.54, 1.807) is 36.8 Å². The molecule has 0 aliphatic carbocycles. The maximum Gasteiger partial charge on any atom is 0.389 e. The van der Waals surface area contributed by atoms with Gasteiger partial charge in [-0.25, -0.2) is 0 Å². The van der Waals surface area contributed by atoms with Gasteiger partial charge in [-0.05, 0) is 26.2 Å². The molecule has 0 bridgehead atoms. The van der Waals surface area contributed by atoms with Gasteiger partial charge in [0.2, 0.25) is 0 Å². The molecule has 0 N–H and O–H groups in total. The molecule has 0 aromatic rings. The molecule has 0 unspecified atom stereocenters. The van der Waals surface area contributed by atoms with Crippen molar-refractivity contribution in [2.24, 2.45) is 0 Å². The number of rotatable bonds is 6. The van der Waals surface area contributed by atoms with Crippen molar-refractivity contribution in [3.63, 3.8) is 0 Å². The van der Waals surface area contributed by atoms with Gasteiger partial charge in [-0.15, -0.1) is 0 Å². The smallest absolute Gasteiger partial charge is 0.308 e. The molecule has 6 heteroatoms. The Morgan fingerprint density at radius 1 is 0.800 bits per heavy atom. The zero-order valence-electron chi connectivity index (χ0n) is 9.93. The quantitative estimate of drug-likeness (QED) is 0.657. The maximum atomic E-state index is 12.9. The molecule has 0 aromatic carbocycles. The van der Waals surface area contributed by atoms with Crippen molar-refractivity contribution in [2.75, 3.05) is 26.2 Å². The minimum atomic E-state index is -4.04. The van der Waals surface area contributed by atoms with Gasteiger partial charge in [-0.3, -0.25) is 0 Å². The van der Waals surface area contributed by atoms with E-state index < -0.39 is 14.9 Å². The molecule has 0 heterocycles. The van der Waals surface area contributed by atoms with Crippen molar-refractivity contribution < 1.29 is 13.2 Å². The van der Waals surface area contributed by atoms with E-state index in [1.807, 2.05) is 0 Å². The number of halogens is 3. The summed E-state index contributed by atoms with van der Waals surface area (Å²) in [5.74, 6) is -4.04. The van der Waals surface area contributed by atoms with Crippen LogP contribution in [-0.4, -0.2) is 50.2 Å². The van der Waals surface area contributed by atoms with Crippen molar-refractivity contribution >= 4 is 9.12 Å². The summed E-state index contributed by atoms with van der Waals surface area (Å²) in [6, 6.07) is 0. The fourth-order valence-corrected chi connectivity index (χ4v) is 4.46. The highest BCUT2D eigenvalue weighted by Crippen LogP contribution is 2.24. The molecule has 0 saturated carbocycles. The molecule has 0 saturated heterocycles. The molecule has 0 amide bonds. The third-order valence-corrected chi connectivity index (χ3v) is 6.04. The average molecular weight is 242 g/mol. The average Bonchev–Trinajstić information content (AvgIpc) is 2.17. The van der Waals surface area contributed by atoms with Crippen molar-refractivity contribution in [3.8, 4) is 0 Å². The third kappa shape index (κ3) is 4.12. The van der Waals surface area contributed by atoms with E-state index in [-0.39, 0.29) is 0 Å². The molecule has 0 spiro atoms. The minimum absolute atomic E-state index is 0.476. The van der Waals surface area contributed by atoms with Crippen molar-refractivity contribution in [2.45, 2.75) is 33.5 Å². The molecule has 0 rings (SSSR count). The van der Waals surface area contributed by atoms with Crippen molar-refractivity contribution in [1.29, 1.82) is 0 Å². The summed E-state index contributed by atoms with van der Waals surface area (Å²) in [5, 5.41) is 0. The summed E-state index contributed by atoms with van der Waals surface area (Å²) in [6.45, 7) is 9.06. The summed E-state index contributed by atoms with van der Waals surface area (Å²) in [4.78, 5) is 0. The molecular formula is C9H21F3N2Si. The Hall–Kier alpha value is -0.0731. The van der Waals surface area contributed by atoms with E-state index >= 15 is 0 Å². The monoisotopic (exact) mass is 242 g/mol. The van der Waals surface area contributed by atoms with Crippen LogP contribution in [0.1, 0.15) is 27.7 Å². The molecule has 0 radical (unpaired) electrons. The topological polar surface area (TPSA) is 6.48 Å². The van der Waals surface area contributed by atoms with E-state index in [0.29, 0.717) is 26.2 Å². The predicted octanol–water partition coefficient (Wildman–Crippen LogP) is 1.99. The fraction of sp³-hybridized carbons (Fsp3) is 1.00. The van der Waals surface area contributed by atoms with Crippen LogP contribution in [0, 0.1) is 0 Å². The van der Waals surface area contributed by atoms with Gasteiger partial charge in [0.1, 0.15) is 0 Å². The number of hydrogen-bond donors (Lipinski definition) is 0. The summed E-state index contributed by atoms with van der Waals surface area (Å²) >= 11 is 0. The lowest BCUT2D eigenvalue weighted by Gasteiger charge is -2.37. The van der Waals surface area contributed by atoms with Gasteiger partial charge in [-0.1, -0.05) is 27.7 Å². The standard InChI is InChI=1S/C9H21F3N2Si/c1-5-13(6-2)15(9(10,11)12)14(7-3)8-4/h15H,5-8H2,1-4H3. The zero-order valence-corrected chi connectivity index (χ0v) is 11.1. The molecular weight excluding hydrogens is 221 g/mol. The van der Waals surface area contributed by atoms with E-state index in [4.69, 9.17) is 0 Å². The van der Waals surface area contributed by atoms with Crippen LogP contribution < -0.4 is 0 Å². The zero-order chi connectivity index (χ0) is 12.1. The normalized spacial score (nSPS) is 13.2. The largest absolute Gasteiger partial charge is 0.389 e. The second kappa shape index (κ2) is 6.50. The van der Waals surface area contributed by atoms with E-state index in [9.17, 15) is 13.2 Å². The van der Waals surface area contributed by atoms with Gasteiger partial charge >= 0.3 is 14.9 Å². The molecule has 2 nitrogen and oxygen atoms in total. The molecule has 0 aliphatic rings.